The van der Waals surface area contributed by atoms with Crippen LogP contribution in [-0.2, 0) is 14.3 Å². The molecule has 0 saturated carbocycles. The Bertz CT molecular complexity index is 1340. The zero-order chi connectivity index (χ0) is 25.8. The summed E-state index contributed by atoms with van der Waals surface area (Å²) in [7, 11) is 1.44. The lowest BCUT2D eigenvalue weighted by molar-refractivity contribution is -0.132. The molecule has 3 aromatic carbocycles. The number of ketones is 1. The summed E-state index contributed by atoms with van der Waals surface area (Å²) in [4.78, 5) is 40.3. The Labute approximate surface area is 208 Å². The number of aliphatic hydroxyl groups excluding tert-OH is 1. The van der Waals surface area contributed by atoms with Gasteiger partial charge in [-0.15, -0.1) is 0 Å². The molecular weight excluding hydrogens is 462 g/mol. The second-order valence-electron chi connectivity index (χ2n) is 8.15. The number of aliphatic hydroxyl groups is 1. The smallest absolute Gasteiger partial charge is 0.338 e. The van der Waals surface area contributed by atoms with E-state index in [2.05, 4.69) is 0 Å². The maximum atomic E-state index is 13.3. The van der Waals surface area contributed by atoms with Crippen molar-refractivity contribution in [3.05, 3.63) is 95.1 Å². The number of phenols is 1. The van der Waals surface area contributed by atoms with Gasteiger partial charge < -0.3 is 19.7 Å². The van der Waals surface area contributed by atoms with Crippen molar-refractivity contribution in [1.82, 2.24) is 0 Å². The van der Waals surface area contributed by atoms with E-state index >= 15 is 0 Å². The SMILES string of the molecule is CCCOC(=O)c1cccc(N2C(=O)C(=O)/C(=C(/O)c3ccccc3OC)C2c2ccc(O)cc2)c1. The number of rotatable bonds is 7. The first-order valence-corrected chi connectivity index (χ1v) is 11.4. The van der Waals surface area contributed by atoms with Gasteiger partial charge in [-0.3, -0.25) is 14.5 Å². The summed E-state index contributed by atoms with van der Waals surface area (Å²) < 4.78 is 10.6. The highest BCUT2D eigenvalue weighted by Crippen LogP contribution is 2.43. The molecule has 36 heavy (non-hydrogen) atoms. The zero-order valence-electron chi connectivity index (χ0n) is 19.8. The molecule has 4 rings (SSSR count). The second-order valence-corrected chi connectivity index (χ2v) is 8.15. The lowest BCUT2D eigenvalue weighted by Crippen LogP contribution is -2.29. The highest BCUT2D eigenvalue weighted by molar-refractivity contribution is 6.51. The van der Waals surface area contributed by atoms with Gasteiger partial charge in [0.1, 0.15) is 17.3 Å². The number of para-hydroxylation sites is 1. The molecule has 3 aromatic rings. The quantitative estimate of drug-likeness (QED) is 0.217. The standard InChI is InChI=1S/C28H25NO7/c1-3-15-36-28(34)18-7-6-8-19(16-18)29-24(17-11-13-20(30)14-12-17)23(26(32)27(29)33)25(31)21-9-4-5-10-22(21)35-2/h4-14,16,24,30-31H,3,15H2,1-2H3/b25-23+. The molecule has 0 aliphatic carbocycles. The van der Waals surface area contributed by atoms with Gasteiger partial charge in [-0.25, -0.2) is 4.79 Å². The average molecular weight is 488 g/mol. The first kappa shape index (κ1) is 24.5. The highest BCUT2D eigenvalue weighted by atomic mass is 16.5. The Morgan fingerprint density at radius 1 is 1.00 bits per heavy atom. The molecule has 0 radical (unpaired) electrons. The number of esters is 1. The monoisotopic (exact) mass is 487 g/mol. The molecule has 1 aliphatic rings. The van der Waals surface area contributed by atoms with Crippen molar-refractivity contribution in [3.8, 4) is 11.5 Å². The van der Waals surface area contributed by atoms with Crippen LogP contribution in [0.1, 0.15) is 40.9 Å². The van der Waals surface area contributed by atoms with Gasteiger partial charge in [0, 0.05) is 5.69 Å². The molecule has 1 saturated heterocycles. The fraction of sp³-hybridized carbons (Fsp3) is 0.179. The first-order chi connectivity index (χ1) is 17.4. The van der Waals surface area contributed by atoms with Crippen molar-refractivity contribution < 1.29 is 34.1 Å². The molecule has 0 aromatic heterocycles. The van der Waals surface area contributed by atoms with E-state index in [9.17, 15) is 24.6 Å². The summed E-state index contributed by atoms with van der Waals surface area (Å²) in [6, 6.07) is 17.8. The Morgan fingerprint density at radius 2 is 1.72 bits per heavy atom. The van der Waals surface area contributed by atoms with Crippen LogP contribution in [0.2, 0.25) is 0 Å². The largest absolute Gasteiger partial charge is 0.508 e. The van der Waals surface area contributed by atoms with E-state index in [1.54, 1.807) is 54.6 Å². The maximum Gasteiger partial charge on any atom is 0.338 e. The summed E-state index contributed by atoms with van der Waals surface area (Å²) in [5, 5.41) is 21.1. The number of methoxy groups -OCH3 is 1. The molecule has 1 unspecified atom stereocenters. The van der Waals surface area contributed by atoms with Crippen molar-refractivity contribution in [2.24, 2.45) is 0 Å². The van der Waals surface area contributed by atoms with E-state index in [0.29, 0.717) is 17.7 Å². The van der Waals surface area contributed by atoms with E-state index in [1.807, 2.05) is 6.92 Å². The van der Waals surface area contributed by atoms with Crippen LogP contribution < -0.4 is 9.64 Å². The van der Waals surface area contributed by atoms with E-state index in [-0.39, 0.29) is 34.7 Å². The van der Waals surface area contributed by atoms with Crippen molar-refractivity contribution in [3.63, 3.8) is 0 Å². The van der Waals surface area contributed by atoms with Crippen molar-refractivity contribution in [1.29, 1.82) is 0 Å². The topological polar surface area (TPSA) is 113 Å². The van der Waals surface area contributed by atoms with Gasteiger partial charge in [0.25, 0.3) is 11.7 Å². The lowest BCUT2D eigenvalue weighted by atomic mass is 9.94. The predicted octanol–water partition coefficient (Wildman–Crippen LogP) is 4.59. The molecule has 1 amide bonds. The van der Waals surface area contributed by atoms with Gasteiger partial charge in [-0.1, -0.05) is 37.3 Å². The number of carbonyl (C=O) groups is 3. The minimum Gasteiger partial charge on any atom is -0.508 e. The van der Waals surface area contributed by atoms with E-state index in [1.165, 1.54) is 30.2 Å². The van der Waals surface area contributed by atoms with Crippen LogP contribution in [0, 0.1) is 0 Å². The van der Waals surface area contributed by atoms with Gasteiger partial charge >= 0.3 is 5.97 Å². The molecule has 1 heterocycles. The molecule has 1 fully saturated rings. The van der Waals surface area contributed by atoms with Crippen molar-refractivity contribution in [2.45, 2.75) is 19.4 Å². The average Bonchev–Trinajstić information content (AvgIpc) is 3.17. The zero-order valence-corrected chi connectivity index (χ0v) is 19.8. The first-order valence-electron chi connectivity index (χ1n) is 11.4. The number of phenolic OH excluding ortho intramolecular Hbond substituents is 1. The molecule has 0 bridgehead atoms. The number of Topliss-reactive ketones (excluding diaryl/α,β-unsaturated/α-hetero) is 1. The number of nitrogens with zero attached hydrogens (tertiary/aromatic N) is 1. The number of carbonyl (C=O) groups excluding carboxylic acids is 3. The summed E-state index contributed by atoms with van der Waals surface area (Å²) in [5.41, 5.74) is 1.08. The Morgan fingerprint density at radius 3 is 2.42 bits per heavy atom. The third-order valence-electron chi connectivity index (χ3n) is 5.81. The van der Waals surface area contributed by atoms with Gasteiger partial charge in [0.2, 0.25) is 0 Å². The maximum absolute atomic E-state index is 13.3. The second kappa shape index (κ2) is 10.4. The number of ether oxygens (including phenoxy) is 2. The van der Waals surface area contributed by atoms with Crippen LogP contribution in [0.3, 0.4) is 0 Å². The third-order valence-corrected chi connectivity index (χ3v) is 5.81. The molecule has 184 valence electrons. The van der Waals surface area contributed by atoms with Gasteiger partial charge in [0.05, 0.1) is 36.5 Å². The molecule has 0 spiro atoms. The van der Waals surface area contributed by atoms with Gasteiger partial charge in [0.15, 0.2) is 0 Å². The number of aromatic hydroxyl groups is 1. The number of anilines is 1. The summed E-state index contributed by atoms with van der Waals surface area (Å²) in [5.74, 6) is -2.39. The van der Waals surface area contributed by atoms with Crippen molar-refractivity contribution in [2.75, 3.05) is 18.6 Å². The number of amides is 1. The fourth-order valence-corrected chi connectivity index (χ4v) is 4.12. The molecule has 8 nitrogen and oxygen atoms in total. The van der Waals surface area contributed by atoms with Crippen LogP contribution in [-0.4, -0.2) is 41.6 Å². The normalized spacial score (nSPS) is 16.7. The van der Waals surface area contributed by atoms with E-state index < -0.39 is 29.5 Å². The van der Waals surface area contributed by atoms with E-state index in [0.717, 1.165) is 0 Å². The highest BCUT2D eigenvalue weighted by Gasteiger charge is 2.47. The van der Waals surface area contributed by atoms with Crippen LogP contribution in [0.5, 0.6) is 11.5 Å². The lowest BCUT2D eigenvalue weighted by Gasteiger charge is -2.26. The van der Waals surface area contributed by atoms with Crippen LogP contribution in [0.4, 0.5) is 5.69 Å². The summed E-state index contributed by atoms with van der Waals surface area (Å²) in [6.07, 6.45) is 0.657. The third kappa shape index (κ3) is 4.53. The van der Waals surface area contributed by atoms with Gasteiger partial charge in [-0.2, -0.15) is 0 Å². The van der Waals surface area contributed by atoms with E-state index in [4.69, 9.17) is 9.47 Å². The molecule has 1 atom stereocenters. The number of hydrogen-bond donors (Lipinski definition) is 2. The van der Waals surface area contributed by atoms with Crippen molar-refractivity contribution >= 4 is 29.1 Å². The van der Waals surface area contributed by atoms with Gasteiger partial charge in [-0.05, 0) is 54.4 Å². The predicted molar refractivity (Wildman–Crippen MR) is 133 cm³/mol. The minimum absolute atomic E-state index is 0.00102. The minimum atomic E-state index is -1.03. The molecule has 2 N–H and O–H groups in total. The Hall–Kier alpha value is -4.59. The van der Waals surface area contributed by atoms with Crippen LogP contribution in [0.15, 0.2) is 78.4 Å². The van der Waals surface area contributed by atoms with Crippen LogP contribution in [0.25, 0.3) is 5.76 Å². The Kier molecular flexibility index (Phi) is 7.05. The van der Waals surface area contributed by atoms with Crippen LogP contribution >= 0.6 is 0 Å². The molecule has 8 heteroatoms. The number of hydrogen-bond acceptors (Lipinski definition) is 7. The number of benzene rings is 3. The molecule has 1 aliphatic heterocycles. The fourth-order valence-electron chi connectivity index (χ4n) is 4.12. The summed E-state index contributed by atoms with van der Waals surface area (Å²) >= 11 is 0. The molecular formula is C28H25NO7. The summed E-state index contributed by atoms with van der Waals surface area (Å²) in [6.45, 7) is 2.13. The Balaban J connectivity index is 1.90.